The van der Waals surface area contributed by atoms with E-state index < -0.39 is 0 Å². The highest BCUT2D eigenvalue weighted by Gasteiger charge is 2.38. The predicted octanol–water partition coefficient (Wildman–Crippen LogP) is 2.04. The van der Waals surface area contributed by atoms with Crippen molar-refractivity contribution in [2.24, 2.45) is 5.41 Å². The SMILES string of the molecule is CCCNC(=O)c1cccc(C(=O)N2CCC3(CCNC3)CC2)c1. The van der Waals surface area contributed by atoms with Gasteiger partial charge >= 0.3 is 0 Å². The Balaban J connectivity index is 1.64. The summed E-state index contributed by atoms with van der Waals surface area (Å²) in [6.07, 6.45) is 4.27. The Morgan fingerprint density at radius 2 is 1.96 bits per heavy atom. The first-order valence-corrected chi connectivity index (χ1v) is 9.02. The number of rotatable bonds is 4. The molecule has 2 aliphatic rings. The molecule has 5 nitrogen and oxygen atoms in total. The number of hydrogen-bond acceptors (Lipinski definition) is 3. The Hall–Kier alpha value is -1.88. The molecule has 2 N–H and O–H groups in total. The molecule has 0 aromatic heterocycles. The molecule has 0 radical (unpaired) electrons. The van der Waals surface area contributed by atoms with Crippen molar-refractivity contribution in [3.05, 3.63) is 35.4 Å². The van der Waals surface area contributed by atoms with E-state index in [9.17, 15) is 9.59 Å². The van der Waals surface area contributed by atoms with Gasteiger partial charge in [0.25, 0.3) is 11.8 Å². The van der Waals surface area contributed by atoms with E-state index in [1.165, 1.54) is 6.42 Å². The van der Waals surface area contributed by atoms with Crippen LogP contribution in [0.1, 0.15) is 53.3 Å². The summed E-state index contributed by atoms with van der Waals surface area (Å²) in [7, 11) is 0. The van der Waals surface area contributed by atoms with Crippen molar-refractivity contribution in [2.75, 3.05) is 32.7 Å². The summed E-state index contributed by atoms with van der Waals surface area (Å²) >= 11 is 0. The molecule has 1 spiro atoms. The van der Waals surface area contributed by atoms with Gasteiger partial charge in [-0.15, -0.1) is 0 Å². The van der Waals surface area contributed by atoms with Crippen molar-refractivity contribution in [1.29, 1.82) is 0 Å². The van der Waals surface area contributed by atoms with Gasteiger partial charge in [0, 0.05) is 37.3 Å². The quantitative estimate of drug-likeness (QED) is 0.889. The van der Waals surface area contributed by atoms with Crippen molar-refractivity contribution >= 4 is 11.8 Å². The second kappa shape index (κ2) is 7.34. The van der Waals surface area contributed by atoms with E-state index in [1.807, 2.05) is 11.8 Å². The minimum Gasteiger partial charge on any atom is -0.352 e. The maximum absolute atomic E-state index is 12.8. The van der Waals surface area contributed by atoms with Gasteiger partial charge in [-0.3, -0.25) is 9.59 Å². The molecule has 2 amide bonds. The lowest BCUT2D eigenvalue weighted by Crippen LogP contribution is -2.44. The highest BCUT2D eigenvalue weighted by molar-refractivity contribution is 5.99. The predicted molar refractivity (Wildman–Crippen MR) is 94.1 cm³/mol. The molecule has 0 aliphatic carbocycles. The van der Waals surface area contributed by atoms with E-state index in [2.05, 4.69) is 10.6 Å². The van der Waals surface area contributed by atoms with Gasteiger partial charge in [-0.25, -0.2) is 0 Å². The van der Waals surface area contributed by atoms with Crippen LogP contribution in [-0.2, 0) is 0 Å². The summed E-state index contributed by atoms with van der Waals surface area (Å²) in [5.41, 5.74) is 1.57. The molecule has 24 heavy (non-hydrogen) atoms. The number of carbonyl (C=O) groups is 2. The Kier molecular flexibility index (Phi) is 5.19. The number of benzene rings is 1. The molecule has 0 unspecified atom stereocenters. The van der Waals surface area contributed by atoms with Gasteiger partial charge in [0.1, 0.15) is 0 Å². The lowest BCUT2D eigenvalue weighted by atomic mass is 9.78. The molecule has 2 heterocycles. The molecule has 5 heteroatoms. The van der Waals surface area contributed by atoms with Crippen LogP contribution in [0.15, 0.2) is 24.3 Å². The zero-order chi connectivity index (χ0) is 17.0. The fraction of sp³-hybridized carbons (Fsp3) is 0.579. The molecule has 2 fully saturated rings. The second-order valence-electron chi connectivity index (χ2n) is 7.06. The molecule has 0 bridgehead atoms. The summed E-state index contributed by atoms with van der Waals surface area (Å²) < 4.78 is 0. The van der Waals surface area contributed by atoms with Gasteiger partial charge in [-0.05, 0) is 55.8 Å². The Bertz CT molecular complexity index is 598. The first-order chi connectivity index (χ1) is 11.6. The Labute approximate surface area is 143 Å². The molecule has 1 aromatic rings. The number of piperidine rings is 1. The Morgan fingerprint density at radius 3 is 2.62 bits per heavy atom. The molecule has 0 saturated carbocycles. The fourth-order valence-corrected chi connectivity index (χ4v) is 3.72. The first kappa shape index (κ1) is 17.0. The van der Waals surface area contributed by atoms with Crippen LogP contribution in [0, 0.1) is 5.41 Å². The average molecular weight is 329 g/mol. The van der Waals surface area contributed by atoms with Crippen LogP contribution in [0.2, 0.25) is 0 Å². The van der Waals surface area contributed by atoms with Gasteiger partial charge in [-0.2, -0.15) is 0 Å². The smallest absolute Gasteiger partial charge is 0.253 e. The largest absolute Gasteiger partial charge is 0.352 e. The first-order valence-electron chi connectivity index (χ1n) is 9.02. The summed E-state index contributed by atoms with van der Waals surface area (Å²) in [6, 6.07) is 7.08. The molecule has 2 aliphatic heterocycles. The normalized spacial score (nSPS) is 19.5. The van der Waals surface area contributed by atoms with Crippen molar-refractivity contribution in [2.45, 2.75) is 32.6 Å². The molecule has 0 atom stereocenters. The van der Waals surface area contributed by atoms with Crippen molar-refractivity contribution in [3.8, 4) is 0 Å². The van der Waals surface area contributed by atoms with Crippen molar-refractivity contribution in [1.82, 2.24) is 15.5 Å². The van der Waals surface area contributed by atoms with Gasteiger partial charge in [-0.1, -0.05) is 13.0 Å². The minimum absolute atomic E-state index is 0.0425. The van der Waals surface area contributed by atoms with Crippen LogP contribution >= 0.6 is 0 Å². The molecular formula is C19H27N3O2. The zero-order valence-corrected chi connectivity index (χ0v) is 14.4. The number of carbonyl (C=O) groups excluding carboxylic acids is 2. The highest BCUT2D eigenvalue weighted by atomic mass is 16.2. The van der Waals surface area contributed by atoms with Crippen LogP contribution in [0.5, 0.6) is 0 Å². The Morgan fingerprint density at radius 1 is 1.21 bits per heavy atom. The highest BCUT2D eigenvalue weighted by Crippen LogP contribution is 2.37. The van der Waals surface area contributed by atoms with Crippen LogP contribution in [0.4, 0.5) is 0 Å². The summed E-state index contributed by atoms with van der Waals surface area (Å²) in [5.74, 6) is -0.0675. The van der Waals surface area contributed by atoms with Gasteiger partial charge in [0.15, 0.2) is 0 Å². The number of nitrogens with zero attached hydrogens (tertiary/aromatic N) is 1. The van der Waals surface area contributed by atoms with Gasteiger partial charge in [0.05, 0.1) is 0 Å². The fourth-order valence-electron chi connectivity index (χ4n) is 3.72. The van der Waals surface area contributed by atoms with Gasteiger partial charge < -0.3 is 15.5 Å². The van der Waals surface area contributed by atoms with Crippen LogP contribution in [0.25, 0.3) is 0 Å². The van der Waals surface area contributed by atoms with Gasteiger partial charge in [0.2, 0.25) is 0 Å². The topological polar surface area (TPSA) is 61.4 Å². The number of amides is 2. The molecule has 2 saturated heterocycles. The molecule has 3 rings (SSSR count). The standard InChI is InChI=1S/C19H27N3O2/c1-2-9-21-17(23)15-4-3-5-16(13-15)18(24)22-11-7-19(8-12-22)6-10-20-14-19/h3-5,13,20H,2,6-12,14H2,1H3,(H,21,23). The lowest BCUT2D eigenvalue weighted by Gasteiger charge is -2.38. The molecule has 1 aromatic carbocycles. The second-order valence-corrected chi connectivity index (χ2v) is 7.06. The third-order valence-corrected chi connectivity index (χ3v) is 5.35. The van der Waals surface area contributed by atoms with E-state index in [0.29, 0.717) is 23.1 Å². The number of nitrogens with one attached hydrogen (secondary N) is 2. The van der Waals surface area contributed by atoms with Crippen LogP contribution < -0.4 is 10.6 Å². The maximum Gasteiger partial charge on any atom is 0.253 e. The number of likely N-dealkylation sites (tertiary alicyclic amines) is 1. The zero-order valence-electron chi connectivity index (χ0n) is 14.4. The van der Waals surface area contributed by atoms with E-state index >= 15 is 0 Å². The molecular weight excluding hydrogens is 302 g/mol. The maximum atomic E-state index is 12.8. The van der Waals surface area contributed by atoms with Crippen molar-refractivity contribution in [3.63, 3.8) is 0 Å². The third-order valence-electron chi connectivity index (χ3n) is 5.35. The molecule has 130 valence electrons. The van der Waals surface area contributed by atoms with Crippen LogP contribution in [-0.4, -0.2) is 49.4 Å². The average Bonchev–Trinajstić information content (AvgIpc) is 3.08. The summed E-state index contributed by atoms with van der Waals surface area (Å²) in [5, 5.41) is 6.30. The van der Waals surface area contributed by atoms with Crippen molar-refractivity contribution < 1.29 is 9.59 Å². The van der Waals surface area contributed by atoms with E-state index in [-0.39, 0.29) is 11.8 Å². The lowest BCUT2D eigenvalue weighted by molar-refractivity contribution is 0.0607. The minimum atomic E-state index is -0.110. The van der Waals surface area contributed by atoms with Crippen LogP contribution in [0.3, 0.4) is 0 Å². The number of hydrogen-bond donors (Lipinski definition) is 2. The monoisotopic (exact) mass is 329 g/mol. The summed E-state index contributed by atoms with van der Waals surface area (Å²) in [6.45, 7) is 6.48. The van der Waals surface area contributed by atoms with E-state index in [4.69, 9.17) is 0 Å². The van der Waals surface area contributed by atoms with E-state index in [0.717, 1.165) is 45.4 Å². The summed E-state index contributed by atoms with van der Waals surface area (Å²) in [4.78, 5) is 26.8. The third kappa shape index (κ3) is 3.61. The van der Waals surface area contributed by atoms with E-state index in [1.54, 1.807) is 24.3 Å².